The van der Waals surface area contributed by atoms with E-state index < -0.39 is 0 Å². The first-order valence-corrected chi connectivity index (χ1v) is 12.5. The number of rotatable bonds is 5. The van der Waals surface area contributed by atoms with E-state index >= 15 is 0 Å². The molecule has 2 atom stereocenters. The monoisotopic (exact) mass is 463 g/mol. The predicted octanol–water partition coefficient (Wildman–Crippen LogP) is 4.23. The molecule has 2 aliphatic rings. The van der Waals surface area contributed by atoms with Gasteiger partial charge in [-0.15, -0.1) is 0 Å². The van der Waals surface area contributed by atoms with Crippen LogP contribution in [0.3, 0.4) is 0 Å². The van der Waals surface area contributed by atoms with E-state index in [1.807, 2.05) is 24.0 Å². The molecule has 0 radical (unpaired) electrons. The van der Waals surface area contributed by atoms with Crippen molar-refractivity contribution in [3.8, 4) is 0 Å². The normalized spacial score (nSPS) is 21.5. The largest absolute Gasteiger partial charge is 0.375 e. The summed E-state index contributed by atoms with van der Waals surface area (Å²) in [5.41, 5.74) is 3.41. The number of methoxy groups -OCH3 is 1. The Labute approximate surface area is 203 Å². The minimum Gasteiger partial charge on any atom is -0.375 e. The number of nitrogens with zero attached hydrogens (tertiary/aromatic N) is 3. The number of carbonyl (C=O) groups is 2. The van der Waals surface area contributed by atoms with Crippen molar-refractivity contribution in [3.63, 3.8) is 0 Å². The topological polar surface area (TPSA) is 53.1 Å². The third-order valence-electron chi connectivity index (χ3n) is 7.10. The Balaban J connectivity index is 1.74. The maximum absolute atomic E-state index is 13.2. The summed E-state index contributed by atoms with van der Waals surface area (Å²) in [6.07, 6.45) is 4.31. The fraction of sp³-hybridized carbons (Fsp3) is 0.500. The summed E-state index contributed by atoms with van der Waals surface area (Å²) >= 11 is 0. The van der Waals surface area contributed by atoms with Gasteiger partial charge in [0, 0.05) is 57.5 Å². The van der Waals surface area contributed by atoms with E-state index in [9.17, 15) is 9.59 Å². The van der Waals surface area contributed by atoms with Crippen molar-refractivity contribution in [1.82, 2.24) is 9.80 Å². The number of piperidine rings is 1. The van der Waals surface area contributed by atoms with Crippen LogP contribution in [0.25, 0.3) is 0 Å². The molecule has 182 valence electrons. The molecule has 1 saturated heterocycles. The lowest BCUT2D eigenvalue weighted by Crippen LogP contribution is -2.55. The summed E-state index contributed by atoms with van der Waals surface area (Å²) in [6, 6.07) is 19.0. The van der Waals surface area contributed by atoms with Gasteiger partial charge in [0.25, 0.3) is 0 Å². The molecule has 6 nitrogen and oxygen atoms in total. The second-order valence-corrected chi connectivity index (χ2v) is 9.44. The van der Waals surface area contributed by atoms with Crippen LogP contribution < -0.4 is 4.90 Å². The predicted molar refractivity (Wildman–Crippen MR) is 134 cm³/mol. The van der Waals surface area contributed by atoms with Crippen LogP contribution in [0.1, 0.15) is 50.2 Å². The zero-order chi connectivity index (χ0) is 23.9. The molecule has 0 aromatic heterocycles. The van der Waals surface area contributed by atoms with Crippen molar-refractivity contribution in [2.75, 3.05) is 31.7 Å². The van der Waals surface area contributed by atoms with Crippen molar-refractivity contribution in [3.05, 3.63) is 65.7 Å². The third kappa shape index (κ3) is 5.68. The summed E-state index contributed by atoms with van der Waals surface area (Å²) in [7, 11) is 1.58. The number of carbonyl (C=O) groups excluding carboxylic acids is 2. The molecule has 4 rings (SSSR count). The molecule has 2 amide bonds. The number of hydrogen-bond donors (Lipinski definition) is 0. The molecular formula is C28H37N3O3. The SMILES string of the molecule is CCC(=O)N1CCC2CCCC(CN(Cc3ccccc3)Cc3ccccc31)N2C(=O)COC. The van der Waals surface area contributed by atoms with Crippen LogP contribution in [0.4, 0.5) is 5.69 Å². The number of ether oxygens (including phenoxy) is 1. The van der Waals surface area contributed by atoms with Crippen molar-refractivity contribution >= 4 is 17.5 Å². The van der Waals surface area contributed by atoms with Crippen molar-refractivity contribution in [2.45, 2.75) is 64.2 Å². The van der Waals surface area contributed by atoms with Gasteiger partial charge in [-0.3, -0.25) is 14.5 Å². The molecule has 6 heteroatoms. The average Bonchev–Trinajstić information content (AvgIpc) is 2.86. The number of fused-ring (bicyclic) bond motifs is 3. The Hall–Kier alpha value is -2.70. The quantitative estimate of drug-likeness (QED) is 0.666. The molecule has 0 N–H and O–H groups in total. The van der Waals surface area contributed by atoms with Crippen molar-refractivity contribution in [1.29, 1.82) is 0 Å². The number of amides is 2. The summed E-state index contributed by atoms with van der Waals surface area (Å²) in [4.78, 5) is 32.8. The molecule has 2 heterocycles. The minimum absolute atomic E-state index is 0.0574. The number of benzene rings is 2. The molecule has 0 spiro atoms. The minimum atomic E-state index is 0.0574. The van der Waals surface area contributed by atoms with E-state index in [1.165, 1.54) is 5.56 Å². The van der Waals surface area contributed by atoms with Crippen molar-refractivity contribution < 1.29 is 14.3 Å². The van der Waals surface area contributed by atoms with Gasteiger partial charge in [-0.1, -0.05) is 55.5 Å². The van der Waals surface area contributed by atoms with Crippen LogP contribution in [0.15, 0.2) is 54.6 Å². The summed E-state index contributed by atoms with van der Waals surface area (Å²) < 4.78 is 5.26. The molecule has 2 bridgehead atoms. The Morgan fingerprint density at radius 2 is 1.68 bits per heavy atom. The first-order chi connectivity index (χ1) is 16.6. The van der Waals surface area contributed by atoms with Gasteiger partial charge in [-0.2, -0.15) is 0 Å². The molecule has 34 heavy (non-hydrogen) atoms. The second-order valence-electron chi connectivity index (χ2n) is 9.44. The van der Waals surface area contributed by atoms with Gasteiger partial charge in [-0.05, 0) is 42.9 Å². The first-order valence-electron chi connectivity index (χ1n) is 12.5. The third-order valence-corrected chi connectivity index (χ3v) is 7.10. The fourth-order valence-electron chi connectivity index (χ4n) is 5.56. The van der Waals surface area contributed by atoms with Gasteiger partial charge >= 0.3 is 0 Å². The molecule has 2 aromatic carbocycles. The van der Waals surface area contributed by atoms with Gasteiger partial charge in [0.15, 0.2) is 0 Å². The van der Waals surface area contributed by atoms with Crippen LogP contribution in [-0.2, 0) is 27.4 Å². The zero-order valence-corrected chi connectivity index (χ0v) is 20.5. The van der Waals surface area contributed by atoms with Gasteiger partial charge in [0.2, 0.25) is 11.8 Å². The van der Waals surface area contributed by atoms with Crippen LogP contribution in [0, 0.1) is 0 Å². The Morgan fingerprint density at radius 1 is 0.941 bits per heavy atom. The molecule has 2 aliphatic heterocycles. The summed E-state index contributed by atoms with van der Waals surface area (Å²) in [5, 5.41) is 0. The van der Waals surface area contributed by atoms with E-state index in [0.717, 1.165) is 56.6 Å². The van der Waals surface area contributed by atoms with E-state index in [4.69, 9.17) is 4.74 Å². The highest BCUT2D eigenvalue weighted by atomic mass is 16.5. The zero-order valence-electron chi connectivity index (χ0n) is 20.5. The lowest BCUT2D eigenvalue weighted by atomic mass is 9.92. The number of anilines is 1. The van der Waals surface area contributed by atoms with E-state index in [2.05, 4.69) is 52.3 Å². The highest BCUT2D eigenvalue weighted by Gasteiger charge is 2.36. The molecule has 2 aromatic rings. The molecular weight excluding hydrogens is 426 g/mol. The fourth-order valence-corrected chi connectivity index (χ4v) is 5.56. The van der Waals surface area contributed by atoms with Crippen LogP contribution >= 0.6 is 0 Å². The van der Waals surface area contributed by atoms with E-state index in [-0.39, 0.29) is 30.5 Å². The first kappa shape index (κ1) is 24.4. The molecule has 2 unspecified atom stereocenters. The van der Waals surface area contributed by atoms with Gasteiger partial charge < -0.3 is 14.5 Å². The smallest absolute Gasteiger partial charge is 0.249 e. The lowest BCUT2D eigenvalue weighted by Gasteiger charge is -2.44. The standard InChI is InChI=1S/C28H37N3O3/c1-3-27(32)30-17-16-24-13-9-14-25(31(24)28(33)21-34-2)20-29(18-22-10-5-4-6-11-22)19-23-12-7-8-15-26(23)30/h4-8,10-12,15,24-25H,3,9,13-14,16-21H2,1-2H3. The maximum atomic E-state index is 13.2. The Bertz CT molecular complexity index is 964. The summed E-state index contributed by atoms with van der Waals surface area (Å²) in [5.74, 6) is 0.186. The van der Waals surface area contributed by atoms with Gasteiger partial charge in [-0.25, -0.2) is 0 Å². The summed E-state index contributed by atoms with van der Waals surface area (Å²) in [6.45, 7) is 4.97. The highest BCUT2D eigenvalue weighted by Crippen LogP contribution is 2.31. The molecule has 0 aliphatic carbocycles. The average molecular weight is 464 g/mol. The second kappa shape index (κ2) is 11.6. The maximum Gasteiger partial charge on any atom is 0.249 e. The number of para-hydroxylation sites is 1. The van der Waals surface area contributed by atoms with Crippen LogP contribution in [0.2, 0.25) is 0 Å². The van der Waals surface area contributed by atoms with Crippen molar-refractivity contribution in [2.24, 2.45) is 0 Å². The molecule has 1 fully saturated rings. The molecule has 0 saturated carbocycles. The lowest BCUT2D eigenvalue weighted by molar-refractivity contribution is -0.143. The highest BCUT2D eigenvalue weighted by molar-refractivity contribution is 5.94. The van der Waals surface area contributed by atoms with Crippen LogP contribution in [-0.4, -0.2) is 60.5 Å². The van der Waals surface area contributed by atoms with Gasteiger partial charge in [0.05, 0.1) is 0 Å². The Morgan fingerprint density at radius 3 is 2.44 bits per heavy atom. The Kier molecular flexibility index (Phi) is 8.35. The van der Waals surface area contributed by atoms with Gasteiger partial charge in [0.1, 0.15) is 6.61 Å². The van der Waals surface area contributed by atoms with E-state index in [0.29, 0.717) is 13.0 Å². The van der Waals surface area contributed by atoms with E-state index in [1.54, 1.807) is 7.11 Å². The number of hydrogen-bond acceptors (Lipinski definition) is 4. The van der Waals surface area contributed by atoms with Crippen LogP contribution in [0.5, 0.6) is 0 Å².